The lowest BCUT2D eigenvalue weighted by Gasteiger charge is -2.26. The highest BCUT2D eigenvalue weighted by molar-refractivity contribution is 5.38. The summed E-state index contributed by atoms with van der Waals surface area (Å²) in [6.45, 7) is 6.03. The van der Waals surface area contributed by atoms with Crippen molar-refractivity contribution in [2.45, 2.75) is 31.9 Å². The maximum absolute atomic E-state index is 5.76. The molecule has 0 saturated carbocycles. The Morgan fingerprint density at radius 3 is 2.85 bits per heavy atom. The van der Waals surface area contributed by atoms with E-state index in [0.717, 1.165) is 63.1 Å². The average Bonchev–Trinajstić information content (AvgIpc) is 2.49. The normalized spacial score (nSPS) is 24.6. The Bertz CT molecular complexity index is 443. The molecular weight excluding hydrogens is 256 g/mol. The second-order valence-corrected chi connectivity index (χ2v) is 5.32. The first-order valence-corrected chi connectivity index (χ1v) is 7.33. The molecule has 2 saturated heterocycles. The van der Waals surface area contributed by atoms with Crippen LogP contribution in [0, 0.1) is 6.92 Å². The molecule has 0 spiro atoms. The summed E-state index contributed by atoms with van der Waals surface area (Å²) >= 11 is 0. The van der Waals surface area contributed by atoms with Gasteiger partial charge in [-0.2, -0.15) is 0 Å². The summed E-state index contributed by atoms with van der Waals surface area (Å²) in [6, 6.07) is 2.46. The van der Waals surface area contributed by atoms with Crippen molar-refractivity contribution in [3.8, 4) is 0 Å². The van der Waals surface area contributed by atoms with Gasteiger partial charge in [-0.15, -0.1) is 0 Å². The zero-order valence-corrected chi connectivity index (χ0v) is 11.9. The van der Waals surface area contributed by atoms with Gasteiger partial charge in [0, 0.05) is 38.4 Å². The summed E-state index contributed by atoms with van der Waals surface area (Å²) in [7, 11) is 0. The van der Waals surface area contributed by atoms with Crippen molar-refractivity contribution in [3.63, 3.8) is 0 Å². The molecule has 2 fully saturated rings. The van der Waals surface area contributed by atoms with Gasteiger partial charge in [0.2, 0.25) is 0 Å². The van der Waals surface area contributed by atoms with Crippen molar-refractivity contribution >= 4 is 5.82 Å². The van der Waals surface area contributed by atoms with E-state index in [4.69, 9.17) is 9.47 Å². The lowest BCUT2D eigenvalue weighted by molar-refractivity contribution is 0.0249. The quantitative estimate of drug-likeness (QED) is 0.861. The number of hydrogen-bond donors (Lipinski definition) is 2. The van der Waals surface area contributed by atoms with E-state index in [9.17, 15) is 0 Å². The van der Waals surface area contributed by atoms with Crippen LogP contribution in [0.15, 0.2) is 6.07 Å². The first-order chi connectivity index (χ1) is 9.81. The van der Waals surface area contributed by atoms with Gasteiger partial charge in [0.05, 0.1) is 12.3 Å². The Kier molecular flexibility index (Phi) is 4.44. The molecule has 1 atom stereocenters. The molecule has 6 nitrogen and oxygen atoms in total. The third kappa shape index (κ3) is 3.45. The molecule has 0 bridgehead atoms. The van der Waals surface area contributed by atoms with Crippen LogP contribution in [-0.4, -0.2) is 48.9 Å². The molecule has 6 heteroatoms. The lowest BCUT2D eigenvalue weighted by atomic mass is 10.1. The van der Waals surface area contributed by atoms with Crippen LogP contribution in [-0.2, 0) is 9.47 Å². The minimum absolute atomic E-state index is 0.0284. The van der Waals surface area contributed by atoms with Gasteiger partial charge in [-0.1, -0.05) is 0 Å². The van der Waals surface area contributed by atoms with E-state index in [1.807, 2.05) is 13.0 Å². The number of aromatic nitrogens is 2. The first-order valence-electron chi connectivity index (χ1n) is 7.33. The van der Waals surface area contributed by atoms with Crippen molar-refractivity contribution < 1.29 is 9.47 Å². The maximum Gasteiger partial charge on any atom is 0.130 e. The highest BCUT2D eigenvalue weighted by atomic mass is 16.5. The van der Waals surface area contributed by atoms with Gasteiger partial charge in [0.1, 0.15) is 17.7 Å². The predicted octanol–water partition coefficient (Wildman–Crippen LogP) is 1.04. The summed E-state index contributed by atoms with van der Waals surface area (Å²) in [4.78, 5) is 8.99. The number of morpholine rings is 1. The van der Waals surface area contributed by atoms with E-state index in [2.05, 4.69) is 20.6 Å². The highest BCUT2D eigenvalue weighted by Gasteiger charge is 2.20. The Morgan fingerprint density at radius 2 is 2.10 bits per heavy atom. The van der Waals surface area contributed by atoms with Crippen molar-refractivity contribution in [1.29, 1.82) is 0 Å². The fourth-order valence-electron chi connectivity index (χ4n) is 2.64. The topological polar surface area (TPSA) is 68.3 Å². The molecule has 3 rings (SSSR count). The highest BCUT2D eigenvalue weighted by Crippen LogP contribution is 2.21. The summed E-state index contributed by atoms with van der Waals surface area (Å²) in [6.07, 6.45) is 2.08. The number of nitrogens with zero attached hydrogens (tertiary/aromatic N) is 2. The summed E-state index contributed by atoms with van der Waals surface area (Å²) in [5.41, 5.74) is 0.958. The summed E-state index contributed by atoms with van der Waals surface area (Å²) in [5.74, 6) is 1.68. The van der Waals surface area contributed by atoms with E-state index in [0.29, 0.717) is 6.04 Å². The van der Waals surface area contributed by atoms with Crippen LogP contribution in [0.2, 0.25) is 0 Å². The van der Waals surface area contributed by atoms with Gasteiger partial charge in [-0.3, -0.25) is 0 Å². The molecule has 3 heterocycles. The molecule has 0 aromatic carbocycles. The van der Waals surface area contributed by atoms with Crippen molar-refractivity contribution in [1.82, 2.24) is 15.3 Å². The fraction of sp³-hybridized carbons (Fsp3) is 0.714. The Balaban J connectivity index is 1.71. The third-order valence-electron chi connectivity index (χ3n) is 3.69. The molecular formula is C14H22N4O2. The number of anilines is 1. The molecule has 0 radical (unpaired) electrons. The van der Waals surface area contributed by atoms with Crippen LogP contribution < -0.4 is 10.6 Å². The number of nitrogens with one attached hydrogen (secondary N) is 2. The molecule has 0 unspecified atom stereocenters. The van der Waals surface area contributed by atoms with Gasteiger partial charge in [0.15, 0.2) is 0 Å². The SMILES string of the molecule is Cc1nc(NC2CCOCC2)cc([C@@H]2CNCCO2)n1. The number of ether oxygens (including phenoxy) is 2. The van der Waals surface area contributed by atoms with E-state index in [1.54, 1.807) is 0 Å². The van der Waals surface area contributed by atoms with Crippen LogP contribution in [0.1, 0.15) is 30.5 Å². The van der Waals surface area contributed by atoms with Gasteiger partial charge in [-0.05, 0) is 19.8 Å². The van der Waals surface area contributed by atoms with Crippen molar-refractivity contribution in [3.05, 3.63) is 17.6 Å². The molecule has 110 valence electrons. The summed E-state index contributed by atoms with van der Waals surface area (Å²) < 4.78 is 11.1. The van der Waals surface area contributed by atoms with E-state index in [-0.39, 0.29) is 6.10 Å². The molecule has 0 aliphatic carbocycles. The minimum Gasteiger partial charge on any atom is -0.381 e. The summed E-state index contributed by atoms with van der Waals surface area (Å²) in [5, 5.41) is 6.83. The Labute approximate surface area is 119 Å². The van der Waals surface area contributed by atoms with E-state index < -0.39 is 0 Å². The monoisotopic (exact) mass is 278 g/mol. The van der Waals surface area contributed by atoms with Crippen LogP contribution in [0.25, 0.3) is 0 Å². The van der Waals surface area contributed by atoms with E-state index in [1.165, 1.54) is 0 Å². The molecule has 0 amide bonds. The maximum atomic E-state index is 5.76. The molecule has 2 aliphatic heterocycles. The average molecular weight is 278 g/mol. The van der Waals surface area contributed by atoms with Crippen LogP contribution in [0.3, 0.4) is 0 Å². The van der Waals surface area contributed by atoms with Crippen LogP contribution in [0.4, 0.5) is 5.82 Å². The van der Waals surface area contributed by atoms with Gasteiger partial charge < -0.3 is 20.1 Å². The molecule has 1 aromatic rings. The molecule has 2 aliphatic rings. The minimum atomic E-state index is 0.0284. The molecule has 20 heavy (non-hydrogen) atoms. The van der Waals surface area contributed by atoms with Crippen molar-refractivity contribution in [2.75, 3.05) is 38.2 Å². The van der Waals surface area contributed by atoms with Gasteiger partial charge >= 0.3 is 0 Å². The third-order valence-corrected chi connectivity index (χ3v) is 3.69. The van der Waals surface area contributed by atoms with Crippen molar-refractivity contribution in [2.24, 2.45) is 0 Å². The zero-order valence-electron chi connectivity index (χ0n) is 11.9. The number of rotatable bonds is 3. The lowest BCUT2D eigenvalue weighted by Crippen LogP contribution is -2.34. The molecule has 1 aromatic heterocycles. The van der Waals surface area contributed by atoms with E-state index >= 15 is 0 Å². The second kappa shape index (κ2) is 6.47. The predicted molar refractivity (Wildman–Crippen MR) is 75.8 cm³/mol. The first kappa shape index (κ1) is 13.7. The van der Waals surface area contributed by atoms with Crippen LogP contribution >= 0.6 is 0 Å². The van der Waals surface area contributed by atoms with Gasteiger partial charge in [0.25, 0.3) is 0 Å². The molecule has 2 N–H and O–H groups in total. The largest absolute Gasteiger partial charge is 0.381 e. The van der Waals surface area contributed by atoms with Gasteiger partial charge in [-0.25, -0.2) is 9.97 Å². The van der Waals surface area contributed by atoms with Crippen LogP contribution in [0.5, 0.6) is 0 Å². The Hall–Kier alpha value is -1.24. The fourth-order valence-corrected chi connectivity index (χ4v) is 2.64. The number of hydrogen-bond acceptors (Lipinski definition) is 6. The Morgan fingerprint density at radius 1 is 1.25 bits per heavy atom. The second-order valence-electron chi connectivity index (χ2n) is 5.32. The standard InChI is InChI=1S/C14H22N4O2/c1-10-16-12(13-9-15-4-7-20-13)8-14(17-10)18-11-2-5-19-6-3-11/h8,11,13,15H,2-7,9H2,1H3,(H,16,17,18)/t13-/m0/s1. The number of aryl methyl sites for hydroxylation is 1. The zero-order chi connectivity index (χ0) is 13.8. The smallest absolute Gasteiger partial charge is 0.130 e.